The standard InChI is InChI=1S/C16H24FN3O/c1-11(8-20-9-13-4-5-14(10-20)21-13)16(18-2)15-6-3-12(17)7-19-15/h3,6-7,11,13-14,16,18H,4-5,8-10H2,1-2H3. The Morgan fingerprint density at radius 3 is 2.67 bits per heavy atom. The van der Waals surface area contributed by atoms with E-state index in [0.717, 1.165) is 25.3 Å². The first-order valence-corrected chi connectivity index (χ1v) is 7.82. The first-order chi connectivity index (χ1) is 10.2. The third-order valence-corrected chi connectivity index (χ3v) is 4.61. The summed E-state index contributed by atoms with van der Waals surface area (Å²) in [6, 6.07) is 3.40. The lowest BCUT2D eigenvalue weighted by atomic mass is 9.97. The van der Waals surface area contributed by atoms with E-state index in [2.05, 4.69) is 22.1 Å². The molecule has 1 aromatic rings. The zero-order chi connectivity index (χ0) is 14.8. The van der Waals surface area contributed by atoms with Crippen LogP contribution < -0.4 is 5.32 Å². The molecule has 4 unspecified atom stereocenters. The summed E-state index contributed by atoms with van der Waals surface area (Å²) < 4.78 is 18.9. The molecule has 21 heavy (non-hydrogen) atoms. The van der Waals surface area contributed by atoms with Gasteiger partial charge >= 0.3 is 0 Å². The minimum absolute atomic E-state index is 0.145. The van der Waals surface area contributed by atoms with Crippen molar-refractivity contribution in [1.82, 2.24) is 15.2 Å². The van der Waals surface area contributed by atoms with E-state index in [1.54, 1.807) is 6.07 Å². The summed E-state index contributed by atoms with van der Waals surface area (Å²) in [6.07, 6.45) is 4.54. The maximum atomic E-state index is 13.0. The monoisotopic (exact) mass is 293 g/mol. The molecule has 2 saturated heterocycles. The second-order valence-corrected chi connectivity index (χ2v) is 6.32. The van der Waals surface area contributed by atoms with E-state index < -0.39 is 0 Å². The van der Waals surface area contributed by atoms with Crippen molar-refractivity contribution in [2.24, 2.45) is 5.92 Å². The maximum Gasteiger partial charge on any atom is 0.141 e. The molecule has 5 heteroatoms. The molecule has 0 aliphatic carbocycles. The van der Waals surface area contributed by atoms with Crippen LogP contribution in [-0.2, 0) is 4.74 Å². The van der Waals surface area contributed by atoms with Crippen molar-refractivity contribution in [2.45, 2.75) is 38.0 Å². The van der Waals surface area contributed by atoms with E-state index in [9.17, 15) is 4.39 Å². The Morgan fingerprint density at radius 2 is 2.10 bits per heavy atom. The van der Waals surface area contributed by atoms with Crippen LogP contribution >= 0.6 is 0 Å². The van der Waals surface area contributed by atoms with Crippen LogP contribution in [0.15, 0.2) is 18.3 Å². The number of morpholine rings is 1. The lowest BCUT2D eigenvalue weighted by Crippen LogP contribution is -2.45. The van der Waals surface area contributed by atoms with Crippen molar-refractivity contribution in [3.05, 3.63) is 29.8 Å². The average Bonchev–Trinajstić information content (AvgIpc) is 2.81. The quantitative estimate of drug-likeness (QED) is 0.901. The number of rotatable bonds is 5. The van der Waals surface area contributed by atoms with Gasteiger partial charge in [0.2, 0.25) is 0 Å². The van der Waals surface area contributed by atoms with Crippen LogP contribution in [0, 0.1) is 11.7 Å². The largest absolute Gasteiger partial charge is 0.372 e. The van der Waals surface area contributed by atoms with Crippen molar-refractivity contribution >= 4 is 0 Å². The van der Waals surface area contributed by atoms with Crippen molar-refractivity contribution < 1.29 is 9.13 Å². The Labute approximate surface area is 125 Å². The molecule has 116 valence electrons. The van der Waals surface area contributed by atoms with E-state index in [4.69, 9.17) is 4.74 Å². The number of halogens is 1. The Kier molecular flexibility index (Phi) is 4.52. The molecule has 3 rings (SSSR count). The van der Waals surface area contributed by atoms with Crippen molar-refractivity contribution in [3.8, 4) is 0 Å². The highest BCUT2D eigenvalue weighted by atomic mass is 19.1. The van der Waals surface area contributed by atoms with Gasteiger partial charge in [-0.3, -0.25) is 9.88 Å². The van der Waals surface area contributed by atoms with E-state index in [1.807, 2.05) is 7.05 Å². The molecule has 0 saturated carbocycles. The molecule has 3 heterocycles. The number of nitrogens with zero attached hydrogens (tertiary/aromatic N) is 2. The third-order valence-electron chi connectivity index (χ3n) is 4.61. The number of fused-ring (bicyclic) bond motifs is 2. The fraction of sp³-hybridized carbons (Fsp3) is 0.688. The van der Waals surface area contributed by atoms with E-state index in [0.29, 0.717) is 18.1 Å². The molecular formula is C16H24FN3O. The summed E-state index contributed by atoms with van der Waals surface area (Å²) in [5, 5.41) is 3.32. The smallest absolute Gasteiger partial charge is 0.141 e. The minimum atomic E-state index is -0.286. The number of likely N-dealkylation sites (tertiary alicyclic amines) is 1. The molecule has 1 aromatic heterocycles. The lowest BCUT2D eigenvalue weighted by molar-refractivity contribution is -0.0431. The van der Waals surface area contributed by atoms with E-state index in [-0.39, 0.29) is 11.9 Å². The van der Waals surface area contributed by atoms with Crippen LogP contribution in [0.5, 0.6) is 0 Å². The summed E-state index contributed by atoms with van der Waals surface area (Å²) in [6.45, 7) is 5.31. The molecule has 0 spiro atoms. The zero-order valence-corrected chi connectivity index (χ0v) is 12.8. The highest BCUT2D eigenvalue weighted by molar-refractivity contribution is 5.11. The molecule has 4 atom stereocenters. The van der Waals surface area contributed by atoms with Crippen LogP contribution in [-0.4, -0.2) is 48.8 Å². The Hall–Kier alpha value is -1.04. The SMILES string of the molecule is CNC(c1ccc(F)cn1)C(C)CN1CC2CCC(C1)O2. The molecule has 0 aromatic carbocycles. The summed E-state index contributed by atoms with van der Waals surface area (Å²) >= 11 is 0. The van der Waals surface area contributed by atoms with Gasteiger partial charge in [-0.15, -0.1) is 0 Å². The predicted molar refractivity (Wildman–Crippen MR) is 79.5 cm³/mol. The van der Waals surface area contributed by atoms with Gasteiger partial charge in [0.05, 0.1) is 30.1 Å². The van der Waals surface area contributed by atoms with Gasteiger partial charge in [0.25, 0.3) is 0 Å². The number of pyridine rings is 1. The summed E-state index contributed by atoms with van der Waals surface area (Å²) in [5.74, 6) is 0.122. The van der Waals surface area contributed by atoms with Gasteiger partial charge < -0.3 is 10.1 Å². The summed E-state index contributed by atoms with van der Waals surface area (Å²) in [4.78, 5) is 6.73. The molecule has 2 aliphatic rings. The van der Waals surface area contributed by atoms with Gasteiger partial charge in [0.1, 0.15) is 5.82 Å². The molecular weight excluding hydrogens is 269 g/mol. The van der Waals surface area contributed by atoms with Crippen molar-refractivity contribution in [2.75, 3.05) is 26.7 Å². The Balaban J connectivity index is 1.62. The highest BCUT2D eigenvalue weighted by Gasteiger charge is 2.34. The molecule has 2 bridgehead atoms. The topological polar surface area (TPSA) is 37.4 Å². The molecule has 1 N–H and O–H groups in total. The van der Waals surface area contributed by atoms with E-state index >= 15 is 0 Å². The molecule has 4 nitrogen and oxygen atoms in total. The van der Waals surface area contributed by atoms with Crippen molar-refractivity contribution in [1.29, 1.82) is 0 Å². The first kappa shape index (κ1) is 14.9. The van der Waals surface area contributed by atoms with Crippen LogP contribution in [0.25, 0.3) is 0 Å². The van der Waals surface area contributed by atoms with Crippen molar-refractivity contribution in [3.63, 3.8) is 0 Å². The fourth-order valence-corrected chi connectivity index (χ4v) is 3.66. The van der Waals surface area contributed by atoms with Crippen LogP contribution in [0.3, 0.4) is 0 Å². The first-order valence-electron chi connectivity index (χ1n) is 7.82. The highest BCUT2D eigenvalue weighted by Crippen LogP contribution is 2.28. The second kappa shape index (κ2) is 6.38. The maximum absolute atomic E-state index is 13.0. The fourth-order valence-electron chi connectivity index (χ4n) is 3.66. The number of nitrogens with one attached hydrogen (secondary N) is 1. The Bertz CT molecular complexity index is 455. The summed E-state index contributed by atoms with van der Waals surface area (Å²) in [5.41, 5.74) is 0.905. The van der Waals surface area contributed by atoms with Gasteiger partial charge in [0.15, 0.2) is 0 Å². The number of aromatic nitrogens is 1. The molecule has 0 amide bonds. The predicted octanol–water partition coefficient (Wildman–Crippen LogP) is 1.98. The number of ether oxygens (including phenoxy) is 1. The molecule has 2 aliphatic heterocycles. The lowest BCUT2D eigenvalue weighted by Gasteiger charge is -2.35. The molecule has 2 fully saturated rings. The molecule has 0 radical (unpaired) electrons. The van der Waals surface area contributed by atoms with Gasteiger partial charge in [-0.2, -0.15) is 0 Å². The average molecular weight is 293 g/mol. The van der Waals surface area contributed by atoms with Gasteiger partial charge in [-0.1, -0.05) is 6.92 Å². The van der Waals surface area contributed by atoms with E-state index in [1.165, 1.54) is 25.1 Å². The number of hydrogen-bond donors (Lipinski definition) is 1. The zero-order valence-electron chi connectivity index (χ0n) is 12.8. The van der Waals surface area contributed by atoms with Crippen LogP contribution in [0.1, 0.15) is 31.5 Å². The van der Waals surface area contributed by atoms with Gasteiger partial charge in [0, 0.05) is 19.6 Å². The van der Waals surface area contributed by atoms with Gasteiger partial charge in [-0.25, -0.2) is 4.39 Å². The summed E-state index contributed by atoms with van der Waals surface area (Å²) in [7, 11) is 1.94. The third kappa shape index (κ3) is 3.42. The van der Waals surface area contributed by atoms with Crippen LogP contribution in [0.2, 0.25) is 0 Å². The number of hydrogen-bond acceptors (Lipinski definition) is 4. The normalized spacial score (nSPS) is 28.5. The minimum Gasteiger partial charge on any atom is -0.372 e. The second-order valence-electron chi connectivity index (χ2n) is 6.32. The van der Waals surface area contributed by atoms with Gasteiger partial charge in [-0.05, 0) is 37.9 Å². The Morgan fingerprint density at radius 1 is 1.38 bits per heavy atom. The van der Waals surface area contributed by atoms with Crippen LogP contribution in [0.4, 0.5) is 4.39 Å².